The van der Waals surface area contributed by atoms with Gasteiger partial charge in [0.2, 0.25) is 5.91 Å². The Morgan fingerprint density at radius 3 is 2.94 bits per heavy atom. The monoisotopic (exact) mass is 262 g/mol. The fourth-order valence-corrected chi connectivity index (χ4v) is 2.45. The molecule has 0 aromatic heterocycles. The van der Waals surface area contributed by atoms with E-state index < -0.39 is 0 Å². The third-order valence-corrected chi connectivity index (χ3v) is 3.51. The number of ether oxygens (including phenoxy) is 1. The van der Waals surface area contributed by atoms with Crippen LogP contribution in [-0.4, -0.2) is 49.2 Å². The Bertz CT molecular complexity index is 245. The molecule has 2 saturated heterocycles. The van der Waals surface area contributed by atoms with E-state index >= 15 is 0 Å². The molecular weight excluding hydrogens is 240 g/mol. The van der Waals surface area contributed by atoms with Crippen molar-refractivity contribution in [2.75, 3.05) is 26.2 Å². The number of amides is 1. The minimum atomic E-state index is 0. The van der Waals surface area contributed by atoms with Crippen molar-refractivity contribution in [3.63, 3.8) is 0 Å². The summed E-state index contributed by atoms with van der Waals surface area (Å²) in [6, 6.07) is 0.0596. The lowest BCUT2D eigenvalue weighted by Crippen LogP contribution is -2.53. The van der Waals surface area contributed by atoms with Crippen molar-refractivity contribution in [2.24, 2.45) is 0 Å². The molecule has 1 unspecified atom stereocenters. The maximum Gasteiger partial charge on any atom is 0.239 e. The molecule has 2 aliphatic rings. The highest BCUT2D eigenvalue weighted by atomic mass is 35.5. The van der Waals surface area contributed by atoms with E-state index in [-0.39, 0.29) is 30.5 Å². The summed E-state index contributed by atoms with van der Waals surface area (Å²) < 4.78 is 5.58. The van der Waals surface area contributed by atoms with E-state index in [1.807, 2.05) is 4.90 Å². The van der Waals surface area contributed by atoms with Crippen molar-refractivity contribution in [1.82, 2.24) is 10.2 Å². The normalized spacial score (nSPS) is 29.6. The van der Waals surface area contributed by atoms with Crippen LogP contribution in [0.5, 0.6) is 0 Å². The third kappa shape index (κ3) is 3.83. The van der Waals surface area contributed by atoms with Crippen LogP contribution < -0.4 is 5.32 Å². The standard InChI is InChI=1S/C12H22N2O2.ClH/c1-2-10-9-14(7-8-16-10)12(15)11-5-3-4-6-13-11;/h10-11,13H,2-9H2,1H3;1H/t10?,11-;/m1./s1. The van der Waals surface area contributed by atoms with Gasteiger partial charge in [-0.25, -0.2) is 0 Å². The van der Waals surface area contributed by atoms with Gasteiger partial charge in [-0.15, -0.1) is 12.4 Å². The van der Waals surface area contributed by atoms with Gasteiger partial charge in [-0.3, -0.25) is 4.79 Å². The first-order chi connectivity index (χ1) is 7.81. The van der Waals surface area contributed by atoms with E-state index in [1.54, 1.807) is 0 Å². The smallest absolute Gasteiger partial charge is 0.239 e. The van der Waals surface area contributed by atoms with Crippen molar-refractivity contribution in [2.45, 2.75) is 44.8 Å². The largest absolute Gasteiger partial charge is 0.375 e. The first-order valence-electron chi connectivity index (χ1n) is 6.45. The fraction of sp³-hybridized carbons (Fsp3) is 0.917. The number of carbonyl (C=O) groups excluding carboxylic acids is 1. The summed E-state index contributed by atoms with van der Waals surface area (Å²) in [7, 11) is 0. The van der Waals surface area contributed by atoms with Crippen LogP contribution in [0, 0.1) is 0 Å². The number of nitrogens with zero attached hydrogens (tertiary/aromatic N) is 1. The van der Waals surface area contributed by atoms with E-state index in [2.05, 4.69) is 12.2 Å². The molecule has 2 rings (SSSR count). The number of hydrogen-bond acceptors (Lipinski definition) is 3. The van der Waals surface area contributed by atoms with Gasteiger partial charge in [0.15, 0.2) is 0 Å². The van der Waals surface area contributed by atoms with Gasteiger partial charge in [0.25, 0.3) is 0 Å². The Labute approximate surface area is 109 Å². The quantitative estimate of drug-likeness (QED) is 0.813. The molecule has 2 heterocycles. The molecule has 0 radical (unpaired) electrons. The van der Waals surface area contributed by atoms with Crippen LogP contribution in [0.15, 0.2) is 0 Å². The summed E-state index contributed by atoms with van der Waals surface area (Å²) in [4.78, 5) is 14.2. The van der Waals surface area contributed by atoms with Crippen LogP contribution in [0.4, 0.5) is 0 Å². The number of carbonyl (C=O) groups is 1. The molecule has 0 aromatic rings. The Morgan fingerprint density at radius 2 is 2.29 bits per heavy atom. The zero-order chi connectivity index (χ0) is 11.4. The number of nitrogens with one attached hydrogen (secondary N) is 1. The number of piperidine rings is 1. The lowest BCUT2D eigenvalue weighted by atomic mass is 10.0. The van der Waals surface area contributed by atoms with Gasteiger partial charge in [-0.1, -0.05) is 13.3 Å². The van der Waals surface area contributed by atoms with Gasteiger partial charge in [-0.05, 0) is 25.8 Å². The summed E-state index contributed by atoms with van der Waals surface area (Å²) in [5, 5.41) is 3.32. The summed E-state index contributed by atoms with van der Waals surface area (Å²) >= 11 is 0. The van der Waals surface area contributed by atoms with Crippen molar-refractivity contribution in [3.05, 3.63) is 0 Å². The van der Waals surface area contributed by atoms with Crippen LogP contribution in [0.25, 0.3) is 0 Å². The number of hydrogen-bond donors (Lipinski definition) is 1. The SMILES string of the molecule is CCC1CN(C(=O)[C@H]2CCCCN2)CCO1.Cl. The predicted octanol–water partition coefficient (Wildman–Crippen LogP) is 1.19. The molecule has 2 fully saturated rings. The molecule has 0 aliphatic carbocycles. The summed E-state index contributed by atoms with van der Waals surface area (Å²) in [5.74, 6) is 0.279. The summed E-state index contributed by atoms with van der Waals surface area (Å²) in [6.45, 7) is 5.31. The minimum absolute atomic E-state index is 0. The molecule has 0 saturated carbocycles. The summed E-state index contributed by atoms with van der Waals surface area (Å²) in [5.41, 5.74) is 0. The maximum atomic E-state index is 12.2. The van der Waals surface area contributed by atoms with Crippen molar-refractivity contribution in [3.8, 4) is 0 Å². The van der Waals surface area contributed by atoms with Crippen LogP contribution >= 0.6 is 12.4 Å². The molecule has 4 nitrogen and oxygen atoms in total. The van der Waals surface area contributed by atoms with Gasteiger partial charge >= 0.3 is 0 Å². The van der Waals surface area contributed by atoms with E-state index in [4.69, 9.17) is 4.74 Å². The average molecular weight is 263 g/mol. The Morgan fingerprint density at radius 1 is 1.47 bits per heavy atom. The first kappa shape index (κ1) is 14.7. The van der Waals surface area contributed by atoms with E-state index in [0.717, 1.165) is 32.5 Å². The van der Waals surface area contributed by atoms with E-state index in [9.17, 15) is 4.79 Å². The van der Waals surface area contributed by atoms with Crippen molar-refractivity contribution < 1.29 is 9.53 Å². The topological polar surface area (TPSA) is 41.6 Å². The van der Waals surface area contributed by atoms with E-state index in [0.29, 0.717) is 6.61 Å². The Hall–Kier alpha value is -0.320. The minimum Gasteiger partial charge on any atom is -0.375 e. The second-order valence-corrected chi connectivity index (χ2v) is 4.69. The van der Waals surface area contributed by atoms with Crippen LogP contribution in [-0.2, 0) is 9.53 Å². The highest BCUT2D eigenvalue weighted by Crippen LogP contribution is 2.14. The average Bonchev–Trinajstić information content (AvgIpc) is 2.39. The van der Waals surface area contributed by atoms with Gasteiger partial charge in [0, 0.05) is 13.1 Å². The van der Waals surface area contributed by atoms with Gasteiger partial charge in [-0.2, -0.15) is 0 Å². The molecule has 0 bridgehead atoms. The molecule has 0 spiro atoms. The van der Waals surface area contributed by atoms with Crippen LogP contribution in [0.2, 0.25) is 0 Å². The second kappa shape index (κ2) is 7.19. The molecule has 1 amide bonds. The van der Waals surface area contributed by atoms with E-state index in [1.165, 1.54) is 12.8 Å². The molecule has 100 valence electrons. The Balaban J connectivity index is 0.00000144. The lowest BCUT2D eigenvalue weighted by molar-refractivity contribution is -0.141. The molecule has 17 heavy (non-hydrogen) atoms. The van der Waals surface area contributed by atoms with Gasteiger partial charge < -0.3 is 15.0 Å². The number of rotatable bonds is 2. The third-order valence-electron chi connectivity index (χ3n) is 3.51. The van der Waals surface area contributed by atoms with Crippen molar-refractivity contribution in [1.29, 1.82) is 0 Å². The maximum absolute atomic E-state index is 12.2. The first-order valence-corrected chi connectivity index (χ1v) is 6.45. The van der Waals surface area contributed by atoms with Crippen LogP contribution in [0.3, 0.4) is 0 Å². The molecule has 1 N–H and O–H groups in total. The second-order valence-electron chi connectivity index (χ2n) is 4.69. The zero-order valence-corrected chi connectivity index (χ0v) is 11.3. The molecule has 5 heteroatoms. The lowest BCUT2D eigenvalue weighted by Gasteiger charge is -2.35. The van der Waals surface area contributed by atoms with Gasteiger partial charge in [0.1, 0.15) is 0 Å². The number of halogens is 1. The molecular formula is C12H23ClN2O2. The summed E-state index contributed by atoms with van der Waals surface area (Å²) in [6.07, 6.45) is 4.59. The molecule has 2 atom stereocenters. The zero-order valence-electron chi connectivity index (χ0n) is 10.5. The highest BCUT2D eigenvalue weighted by Gasteiger charge is 2.29. The Kier molecular flexibility index (Phi) is 6.23. The fourth-order valence-electron chi connectivity index (χ4n) is 2.45. The predicted molar refractivity (Wildman–Crippen MR) is 69.5 cm³/mol. The highest BCUT2D eigenvalue weighted by molar-refractivity contribution is 5.85. The number of morpholine rings is 1. The van der Waals surface area contributed by atoms with Crippen LogP contribution in [0.1, 0.15) is 32.6 Å². The molecule has 0 aromatic carbocycles. The molecule has 2 aliphatic heterocycles. The van der Waals surface area contributed by atoms with Gasteiger partial charge in [0.05, 0.1) is 18.8 Å². The van der Waals surface area contributed by atoms with Crippen molar-refractivity contribution >= 4 is 18.3 Å².